The highest BCUT2D eigenvalue weighted by molar-refractivity contribution is 6.34. The van der Waals surface area contributed by atoms with Gasteiger partial charge in [-0.15, -0.1) is 0 Å². The molecule has 2 nitrogen and oxygen atoms in total. The van der Waals surface area contributed by atoms with Crippen LogP contribution in [-0.2, 0) is 19.3 Å². The summed E-state index contributed by atoms with van der Waals surface area (Å²) in [5.41, 5.74) is 7.36. The van der Waals surface area contributed by atoms with E-state index in [9.17, 15) is 5.26 Å². The van der Waals surface area contributed by atoms with Gasteiger partial charge in [-0.1, -0.05) is 54.1 Å². The van der Waals surface area contributed by atoms with E-state index >= 15 is 0 Å². The van der Waals surface area contributed by atoms with E-state index in [2.05, 4.69) is 24.3 Å². The summed E-state index contributed by atoms with van der Waals surface area (Å²) < 4.78 is 0. The van der Waals surface area contributed by atoms with Crippen LogP contribution in [0.15, 0.2) is 54.7 Å². The van der Waals surface area contributed by atoms with Gasteiger partial charge in [0.05, 0.1) is 16.7 Å². The van der Waals surface area contributed by atoms with Crippen molar-refractivity contribution in [1.82, 2.24) is 4.98 Å². The number of pyridine rings is 1. The van der Waals surface area contributed by atoms with Gasteiger partial charge in [0.25, 0.3) is 0 Å². The van der Waals surface area contributed by atoms with Crippen LogP contribution in [0.5, 0.6) is 0 Å². The fourth-order valence-electron chi connectivity index (χ4n) is 3.60. The number of nitrogens with zero attached hydrogens (tertiary/aromatic N) is 2. The molecule has 0 amide bonds. The molecule has 1 aliphatic carbocycles. The van der Waals surface area contributed by atoms with E-state index < -0.39 is 0 Å². The van der Waals surface area contributed by atoms with Gasteiger partial charge in [0.15, 0.2) is 0 Å². The van der Waals surface area contributed by atoms with Crippen LogP contribution >= 0.6 is 11.6 Å². The highest BCUT2D eigenvalue weighted by Crippen LogP contribution is 2.35. The number of rotatable bonds is 1. The van der Waals surface area contributed by atoms with Gasteiger partial charge in [-0.3, -0.25) is 4.98 Å². The van der Waals surface area contributed by atoms with E-state index in [1.165, 1.54) is 5.56 Å². The molecule has 4 rings (SSSR count). The van der Waals surface area contributed by atoms with Crippen molar-refractivity contribution in [3.05, 3.63) is 87.7 Å². The first kappa shape index (κ1) is 15.9. The van der Waals surface area contributed by atoms with Crippen LogP contribution in [0.25, 0.3) is 11.1 Å². The van der Waals surface area contributed by atoms with E-state index in [0.717, 1.165) is 64.2 Å². The standard InChI is InChI=1S/C22H17ClN2/c23-22-19-12-16-8-4-9-17(13-24)18(16)10-5-11-21(19)25-14-20(22)15-6-2-1-3-7-15/h1-4,6-9,14H,5,10-12H2. The molecule has 0 aliphatic heterocycles. The molecule has 0 unspecified atom stereocenters. The third-order valence-corrected chi connectivity index (χ3v) is 5.32. The van der Waals surface area contributed by atoms with Crippen molar-refractivity contribution < 1.29 is 0 Å². The van der Waals surface area contributed by atoms with Gasteiger partial charge < -0.3 is 0 Å². The van der Waals surface area contributed by atoms with Crippen molar-refractivity contribution in [1.29, 1.82) is 5.26 Å². The van der Waals surface area contributed by atoms with E-state index in [1.807, 2.05) is 36.5 Å². The molecule has 122 valence electrons. The minimum Gasteiger partial charge on any atom is -0.260 e. The second-order valence-corrected chi connectivity index (χ2v) is 6.74. The zero-order valence-electron chi connectivity index (χ0n) is 13.8. The molecular formula is C22H17ClN2. The first-order chi connectivity index (χ1) is 12.3. The third-order valence-electron chi connectivity index (χ3n) is 4.89. The number of aryl methyl sites for hydroxylation is 1. The van der Waals surface area contributed by atoms with E-state index in [4.69, 9.17) is 16.6 Å². The highest BCUT2D eigenvalue weighted by Gasteiger charge is 2.19. The van der Waals surface area contributed by atoms with Gasteiger partial charge in [-0.05, 0) is 47.6 Å². The second-order valence-electron chi connectivity index (χ2n) is 6.36. The van der Waals surface area contributed by atoms with Gasteiger partial charge in [0.2, 0.25) is 0 Å². The average Bonchev–Trinajstić information content (AvgIpc) is 2.63. The summed E-state index contributed by atoms with van der Waals surface area (Å²) >= 11 is 6.82. The Bertz CT molecular complexity index is 971. The molecule has 25 heavy (non-hydrogen) atoms. The summed E-state index contributed by atoms with van der Waals surface area (Å²) in [4.78, 5) is 4.72. The van der Waals surface area contributed by atoms with Crippen molar-refractivity contribution in [2.75, 3.05) is 0 Å². The minimum absolute atomic E-state index is 0.729. The number of nitriles is 1. The normalized spacial score (nSPS) is 13.1. The van der Waals surface area contributed by atoms with Crippen LogP contribution in [-0.4, -0.2) is 4.98 Å². The van der Waals surface area contributed by atoms with Crippen LogP contribution in [0.1, 0.15) is 34.4 Å². The fourth-order valence-corrected chi connectivity index (χ4v) is 3.94. The Labute approximate surface area is 152 Å². The number of hydrogen-bond acceptors (Lipinski definition) is 2. The quantitative estimate of drug-likeness (QED) is 0.596. The molecule has 1 aromatic heterocycles. The predicted molar refractivity (Wildman–Crippen MR) is 101 cm³/mol. The van der Waals surface area contributed by atoms with Gasteiger partial charge in [0.1, 0.15) is 0 Å². The maximum Gasteiger partial charge on any atom is 0.0994 e. The lowest BCUT2D eigenvalue weighted by atomic mass is 9.88. The van der Waals surface area contributed by atoms with Crippen LogP contribution < -0.4 is 0 Å². The topological polar surface area (TPSA) is 36.7 Å². The Hall–Kier alpha value is -2.63. The molecule has 3 aromatic rings. The number of hydrogen-bond donors (Lipinski definition) is 0. The first-order valence-corrected chi connectivity index (χ1v) is 8.88. The molecule has 2 aromatic carbocycles. The SMILES string of the molecule is N#Cc1cccc2c1CCCc1ncc(-c3ccccc3)c(Cl)c1C2. The number of halogens is 1. The Balaban J connectivity index is 1.86. The molecular weight excluding hydrogens is 328 g/mol. The molecule has 0 spiro atoms. The van der Waals surface area contributed by atoms with Crippen molar-refractivity contribution in [2.24, 2.45) is 0 Å². The number of aromatic nitrogens is 1. The molecule has 0 saturated carbocycles. The Kier molecular flexibility index (Phi) is 4.26. The van der Waals surface area contributed by atoms with Crippen LogP contribution in [0.2, 0.25) is 5.02 Å². The van der Waals surface area contributed by atoms with Crippen LogP contribution in [0, 0.1) is 11.3 Å². The number of benzene rings is 2. The molecule has 1 heterocycles. The maximum absolute atomic E-state index is 9.41. The van der Waals surface area contributed by atoms with Crippen molar-refractivity contribution >= 4 is 11.6 Å². The zero-order chi connectivity index (χ0) is 17.2. The molecule has 0 saturated heterocycles. The third kappa shape index (κ3) is 2.92. The molecule has 0 bridgehead atoms. The van der Waals surface area contributed by atoms with E-state index in [-0.39, 0.29) is 0 Å². The monoisotopic (exact) mass is 344 g/mol. The summed E-state index contributed by atoms with van der Waals surface area (Å²) in [7, 11) is 0. The lowest BCUT2D eigenvalue weighted by Crippen LogP contribution is -2.09. The van der Waals surface area contributed by atoms with Gasteiger partial charge >= 0.3 is 0 Å². The molecule has 0 N–H and O–H groups in total. The Morgan fingerprint density at radius 2 is 1.80 bits per heavy atom. The van der Waals surface area contributed by atoms with Crippen LogP contribution in [0.4, 0.5) is 0 Å². The van der Waals surface area contributed by atoms with E-state index in [0.29, 0.717) is 0 Å². The van der Waals surface area contributed by atoms with Gasteiger partial charge in [-0.25, -0.2) is 0 Å². The molecule has 0 radical (unpaired) electrons. The molecule has 3 heteroatoms. The number of fused-ring (bicyclic) bond motifs is 2. The molecule has 1 aliphatic rings. The highest BCUT2D eigenvalue weighted by atomic mass is 35.5. The van der Waals surface area contributed by atoms with Gasteiger partial charge in [-0.2, -0.15) is 5.26 Å². The Morgan fingerprint density at radius 1 is 0.960 bits per heavy atom. The fraction of sp³-hybridized carbons (Fsp3) is 0.182. The van der Waals surface area contributed by atoms with Gasteiger partial charge in [0, 0.05) is 23.9 Å². The minimum atomic E-state index is 0.729. The lowest BCUT2D eigenvalue weighted by Gasteiger charge is -2.20. The maximum atomic E-state index is 9.41. The summed E-state index contributed by atoms with van der Waals surface area (Å²) in [5, 5.41) is 10.2. The largest absolute Gasteiger partial charge is 0.260 e. The average molecular weight is 345 g/mol. The summed E-state index contributed by atoms with van der Waals surface area (Å²) in [6.07, 6.45) is 5.41. The zero-order valence-corrected chi connectivity index (χ0v) is 14.6. The van der Waals surface area contributed by atoms with Crippen LogP contribution in [0.3, 0.4) is 0 Å². The molecule has 0 atom stereocenters. The summed E-state index contributed by atoms with van der Waals surface area (Å²) in [5.74, 6) is 0. The second kappa shape index (κ2) is 6.70. The Morgan fingerprint density at radius 3 is 2.60 bits per heavy atom. The van der Waals surface area contributed by atoms with Crippen molar-refractivity contribution in [3.63, 3.8) is 0 Å². The first-order valence-electron chi connectivity index (χ1n) is 8.50. The van der Waals surface area contributed by atoms with E-state index in [1.54, 1.807) is 0 Å². The van der Waals surface area contributed by atoms with Crippen molar-refractivity contribution in [3.8, 4) is 17.2 Å². The summed E-state index contributed by atoms with van der Waals surface area (Å²) in [6, 6.07) is 18.4. The van der Waals surface area contributed by atoms with Crippen molar-refractivity contribution in [2.45, 2.75) is 25.7 Å². The summed E-state index contributed by atoms with van der Waals surface area (Å²) in [6.45, 7) is 0. The smallest absolute Gasteiger partial charge is 0.0994 e. The lowest BCUT2D eigenvalue weighted by molar-refractivity contribution is 0.766. The predicted octanol–water partition coefficient (Wildman–Crippen LogP) is 5.35. The molecule has 0 fully saturated rings.